The van der Waals surface area contributed by atoms with Gasteiger partial charge in [0, 0.05) is 6.42 Å². The number of amides is 2. The van der Waals surface area contributed by atoms with Crippen LogP contribution in [0.3, 0.4) is 0 Å². The molecule has 0 saturated carbocycles. The quantitative estimate of drug-likeness (QED) is 0.706. The van der Waals surface area contributed by atoms with E-state index in [-0.39, 0.29) is 29.8 Å². The van der Waals surface area contributed by atoms with Crippen LogP contribution in [0.15, 0.2) is 24.3 Å². The fourth-order valence-electron chi connectivity index (χ4n) is 1.64. The molecule has 1 aromatic carbocycles. The Morgan fingerprint density at radius 1 is 1.29 bits per heavy atom. The minimum Gasteiger partial charge on any atom is -0.366 e. The number of hydrogen-bond acceptors (Lipinski definition) is 5. The normalized spacial score (nSPS) is 10.6. The molecule has 1 rings (SSSR count). The van der Waals surface area contributed by atoms with Crippen LogP contribution in [0.5, 0.6) is 0 Å². The van der Waals surface area contributed by atoms with E-state index in [1.807, 2.05) is 6.07 Å². The van der Waals surface area contributed by atoms with Crippen LogP contribution in [0.25, 0.3) is 0 Å². The number of hydrogen-bond donors (Lipinski definition) is 2. The van der Waals surface area contributed by atoms with Gasteiger partial charge in [-0.2, -0.15) is 5.26 Å². The molecule has 0 radical (unpaired) electrons. The van der Waals surface area contributed by atoms with Crippen LogP contribution in [0.2, 0.25) is 0 Å². The van der Waals surface area contributed by atoms with Crippen molar-refractivity contribution in [1.82, 2.24) is 0 Å². The molecule has 0 saturated heterocycles. The third kappa shape index (κ3) is 5.62. The zero-order valence-electron chi connectivity index (χ0n) is 11.2. The van der Waals surface area contributed by atoms with E-state index in [0.29, 0.717) is 0 Å². The molecule has 0 heterocycles. The molecule has 0 atom stereocenters. The van der Waals surface area contributed by atoms with Gasteiger partial charge < -0.3 is 11.1 Å². The fourth-order valence-corrected chi connectivity index (χ4v) is 2.84. The van der Waals surface area contributed by atoms with Crippen LogP contribution in [-0.4, -0.2) is 31.7 Å². The number of benzene rings is 1. The standard InChI is InChI=1S/C13H15N3O4S/c14-7-3-4-8-21(19,20)9-12(17)16-11-6-2-1-5-10(11)13(15)18/h1-2,5-6H,3-4,8-9H2,(H2,15,18)(H,16,17). The molecule has 7 nitrogen and oxygen atoms in total. The van der Waals surface area contributed by atoms with E-state index in [1.54, 1.807) is 12.1 Å². The summed E-state index contributed by atoms with van der Waals surface area (Å²) >= 11 is 0. The minimum atomic E-state index is -3.59. The summed E-state index contributed by atoms with van der Waals surface area (Å²) in [6.07, 6.45) is 0.301. The molecule has 0 fully saturated rings. The molecule has 1 aromatic rings. The molecular formula is C13H15N3O4S. The lowest BCUT2D eigenvalue weighted by Crippen LogP contribution is -2.26. The first kappa shape index (κ1) is 16.7. The lowest BCUT2D eigenvalue weighted by molar-refractivity contribution is -0.113. The van der Waals surface area contributed by atoms with Crippen LogP contribution in [0.4, 0.5) is 5.69 Å². The van der Waals surface area contributed by atoms with E-state index < -0.39 is 27.4 Å². The van der Waals surface area contributed by atoms with E-state index in [9.17, 15) is 18.0 Å². The Labute approximate surface area is 122 Å². The van der Waals surface area contributed by atoms with Crippen molar-refractivity contribution < 1.29 is 18.0 Å². The predicted octanol–water partition coefficient (Wildman–Crippen LogP) is 0.443. The average Bonchev–Trinajstić information content (AvgIpc) is 2.38. The molecule has 0 spiro atoms. The number of anilines is 1. The molecule has 8 heteroatoms. The van der Waals surface area contributed by atoms with Gasteiger partial charge in [-0.3, -0.25) is 9.59 Å². The highest BCUT2D eigenvalue weighted by molar-refractivity contribution is 7.92. The highest BCUT2D eigenvalue weighted by atomic mass is 32.2. The summed E-state index contributed by atoms with van der Waals surface area (Å²) in [5.74, 6) is -2.40. The van der Waals surface area contributed by atoms with Crippen molar-refractivity contribution >= 4 is 27.3 Å². The molecule has 0 aliphatic rings. The van der Waals surface area contributed by atoms with Gasteiger partial charge in [0.2, 0.25) is 5.91 Å². The van der Waals surface area contributed by atoms with E-state index in [2.05, 4.69) is 5.32 Å². The molecular weight excluding hydrogens is 294 g/mol. The number of primary amides is 1. The summed E-state index contributed by atoms with van der Waals surface area (Å²) in [4.78, 5) is 22.9. The van der Waals surface area contributed by atoms with E-state index in [1.165, 1.54) is 12.1 Å². The topological polar surface area (TPSA) is 130 Å². The Kier molecular flexibility index (Phi) is 5.87. The zero-order valence-corrected chi connectivity index (χ0v) is 12.0. The second-order valence-corrected chi connectivity index (χ2v) is 6.50. The number of para-hydroxylation sites is 1. The maximum atomic E-state index is 11.7. The van der Waals surface area contributed by atoms with Crippen molar-refractivity contribution in [3.05, 3.63) is 29.8 Å². The van der Waals surface area contributed by atoms with Gasteiger partial charge in [-0.1, -0.05) is 12.1 Å². The summed E-state index contributed by atoms with van der Waals surface area (Å²) < 4.78 is 23.3. The molecule has 0 bridgehead atoms. The number of nitrogens with two attached hydrogens (primary N) is 1. The van der Waals surface area contributed by atoms with Gasteiger partial charge >= 0.3 is 0 Å². The molecule has 3 N–H and O–H groups in total. The second-order valence-electron chi connectivity index (χ2n) is 4.31. The van der Waals surface area contributed by atoms with Crippen molar-refractivity contribution in [2.75, 3.05) is 16.8 Å². The van der Waals surface area contributed by atoms with E-state index in [4.69, 9.17) is 11.0 Å². The van der Waals surface area contributed by atoms with E-state index >= 15 is 0 Å². The zero-order chi connectivity index (χ0) is 15.9. The van der Waals surface area contributed by atoms with Crippen molar-refractivity contribution in [2.24, 2.45) is 5.73 Å². The van der Waals surface area contributed by atoms with Crippen LogP contribution < -0.4 is 11.1 Å². The predicted molar refractivity (Wildman–Crippen MR) is 77.1 cm³/mol. The van der Waals surface area contributed by atoms with Gasteiger partial charge in [0.25, 0.3) is 5.91 Å². The van der Waals surface area contributed by atoms with Crippen LogP contribution >= 0.6 is 0 Å². The van der Waals surface area contributed by atoms with Gasteiger partial charge in [-0.05, 0) is 18.6 Å². The van der Waals surface area contributed by atoms with Crippen LogP contribution in [0.1, 0.15) is 23.2 Å². The Bertz CT molecular complexity index is 677. The third-order valence-corrected chi connectivity index (χ3v) is 4.17. The summed E-state index contributed by atoms with van der Waals surface area (Å²) in [6, 6.07) is 7.89. The second kappa shape index (κ2) is 7.40. The number of carbonyl (C=O) groups is 2. The van der Waals surface area contributed by atoms with Gasteiger partial charge in [0.15, 0.2) is 9.84 Å². The molecule has 0 aromatic heterocycles. The Hall–Kier alpha value is -2.40. The first-order valence-corrected chi connectivity index (χ1v) is 7.94. The molecule has 0 aliphatic carbocycles. The highest BCUT2D eigenvalue weighted by Crippen LogP contribution is 2.14. The van der Waals surface area contributed by atoms with Crippen molar-refractivity contribution in [1.29, 1.82) is 5.26 Å². The number of rotatable bonds is 7. The molecule has 2 amide bonds. The number of nitrogens with one attached hydrogen (secondary N) is 1. The van der Waals surface area contributed by atoms with Gasteiger partial charge in [0.05, 0.1) is 23.1 Å². The number of sulfone groups is 1. The Balaban J connectivity index is 2.71. The van der Waals surface area contributed by atoms with Crippen LogP contribution in [-0.2, 0) is 14.6 Å². The number of unbranched alkanes of at least 4 members (excludes halogenated alkanes) is 1. The SMILES string of the molecule is N#CCCCS(=O)(=O)CC(=O)Nc1ccccc1C(N)=O. The molecule has 0 unspecified atom stereocenters. The van der Waals surface area contributed by atoms with Crippen molar-refractivity contribution in [2.45, 2.75) is 12.8 Å². The van der Waals surface area contributed by atoms with E-state index in [0.717, 1.165) is 0 Å². The number of nitrogens with zero attached hydrogens (tertiary/aromatic N) is 1. The Morgan fingerprint density at radius 3 is 2.57 bits per heavy atom. The summed E-state index contributed by atoms with van der Waals surface area (Å²) in [6.45, 7) is 0. The summed E-state index contributed by atoms with van der Waals surface area (Å²) in [5, 5.41) is 10.7. The molecule has 21 heavy (non-hydrogen) atoms. The maximum absolute atomic E-state index is 11.7. The number of carbonyl (C=O) groups excluding carboxylic acids is 2. The lowest BCUT2D eigenvalue weighted by Gasteiger charge is -2.09. The average molecular weight is 309 g/mol. The smallest absolute Gasteiger partial charge is 0.250 e. The van der Waals surface area contributed by atoms with Gasteiger partial charge in [-0.25, -0.2) is 8.42 Å². The highest BCUT2D eigenvalue weighted by Gasteiger charge is 2.18. The van der Waals surface area contributed by atoms with Crippen molar-refractivity contribution in [3.63, 3.8) is 0 Å². The summed E-state index contributed by atoms with van der Waals surface area (Å²) in [5.41, 5.74) is 5.43. The first-order chi connectivity index (χ1) is 9.85. The number of nitriles is 1. The maximum Gasteiger partial charge on any atom is 0.250 e. The Morgan fingerprint density at radius 2 is 1.95 bits per heavy atom. The van der Waals surface area contributed by atoms with Crippen LogP contribution in [0, 0.1) is 11.3 Å². The summed E-state index contributed by atoms with van der Waals surface area (Å²) in [7, 11) is -3.59. The first-order valence-electron chi connectivity index (χ1n) is 6.12. The van der Waals surface area contributed by atoms with Crippen molar-refractivity contribution in [3.8, 4) is 6.07 Å². The minimum absolute atomic E-state index is 0.104. The molecule has 0 aliphatic heterocycles. The monoisotopic (exact) mass is 309 g/mol. The van der Waals surface area contributed by atoms with Gasteiger partial charge in [0.1, 0.15) is 5.75 Å². The van der Waals surface area contributed by atoms with Gasteiger partial charge in [-0.15, -0.1) is 0 Å². The largest absolute Gasteiger partial charge is 0.366 e. The fraction of sp³-hybridized carbons (Fsp3) is 0.308. The lowest BCUT2D eigenvalue weighted by atomic mass is 10.1. The molecule has 112 valence electrons. The third-order valence-electron chi connectivity index (χ3n) is 2.56.